The second-order valence-electron chi connectivity index (χ2n) is 6.48. The number of hydrogen-bond donors (Lipinski definition) is 0. The van der Waals surface area contributed by atoms with Crippen molar-refractivity contribution in [3.05, 3.63) is 57.5 Å². The lowest BCUT2D eigenvalue weighted by Crippen LogP contribution is -2.50. The van der Waals surface area contributed by atoms with Gasteiger partial charge in [-0.15, -0.1) is 11.3 Å². The smallest absolute Gasteiger partial charge is 0.246 e. The van der Waals surface area contributed by atoms with Crippen LogP contribution in [0.2, 0.25) is 10.2 Å². The Kier molecular flexibility index (Phi) is 5.86. The molecule has 2 aromatic heterocycles. The number of hydrogen-bond acceptors (Lipinski definition) is 5. The highest BCUT2D eigenvalue weighted by molar-refractivity contribution is 7.89. The van der Waals surface area contributed by atoms with Gasteiger partial charge in [-0.25, -0.2) is 17.8 Å². The number of benzene rings is 1. The number of imidazole rings is 1. The highest BCUT2D eigenvalue weighted by Gasteiger charge is 2.30. The van der Waals surface area contributed by atoms with Gasteiger partial charge >= 0.3 is 0 Å². The van der Waals surface area contributed by atoms with Crippen molar-refractivity contribution in [2.24, 2.45) is 0 Å². The third-order valence-corrected chi connectivity index (χ3v) is 7.94. The van der Waals surface area contributed by atoms with Crippen molar-refractivity contribution in [2.75, 3.05) is 26.2 Å². The molecule has 0 N–H and O–H groups in total. The Morgan fingerprint density at radius 3 is 2.63 bits per heavy atom. The zero-order valence-electron chi connectivity index (χ0n) is 15.3. The van der Waals surface area contributed by atoms with E-state index in [-0.39, 0.29) is 42.0 Å². The normalized spacial score (nSPS) is 16.0. The quantitative estimate of drug-likeness (QED) is 0.527. The van der Waals surface area contributed by atoms with Crippen molar-refractivity contribution in [1.82, 2.24) is 18.6 Å². The minimum atomic E-state index is -3.82. The molecule has 0 spiro atoms. The molecule has 4 rings (SSSR count). The van der Waals surface area contributed by atoms with Gasteiger partial charge < -0.3 is 4.90 Å². The van der Waals surface area contributed by atoms with Crippen LogP contribution < -0.4 is 0 Å². The fourth-order valence-electron chi connectivity index (χ4n) is 3.12. The standard InChI is InChI=1S/C18H15Cl2FN4O3S2/c19-13-11-12(1-2-14(13)21)30(27,28)24-7-5-23(6-8-24)16(26)4-3-15-17(20)22-18-25(15)9-10-29-18/h1-4,9-11H,5-8H2/b4-3+. The van der Waals surface area contributed by atoms with Crippen LogP contribution in [0, 0.1) is 5.82 Å². The summed E-state index contributed by atoms with van der Waals surface area (Å²) < 4.78 is 41.9. The van der Waals surface area contributed by atoms with Gasteiger partial charge in [-0.05, 0) is 24.3 Å². The van der Waals surface area contributed by atoms with Gasteiger partial charge in [0, 0.05) is 43.8 Å². The molecular weight excluding hydrogens is 474 g/mol. The molecule has 0 radical (unpaired) electrons. The predicted molar refractivity (Wildman–Crippen MR) is 114 cm³/mol. The van der Waals surface area contributed by atoms with Gasteiger partial charge in [0.2, 0.25) is 15.9 Å². The van der Waals surface area contributed by atoms with E-state index >= 15 is 0 Å². The Labute approximate surface area is 186 Å². The van der Waals surface area contributed by atoms with Crippen LogP contribution >= 0.6 is 34.5 Å². The molecular formula is C18H15Cl2FN4O3S2. The van der Waals surface area contributed by atoms with E-state index in [1.165, 1.54) is 27.8 Å². The zero-order valence-corrected chi connectivity index (χ0v) is 18.5. The first-order valence-corrected chi connectivity index (χ1v) is 11.9. The van der Waals surface area contributed by atoms with E-state index < -0.39 is 15.8 Å². The number of thiazole rings is 1. The second kappa shape index (κ2) is 8.27. The van der Waals surface area contributed by atoms with Crippen molar-refractivity contribution in [2.45, 2.75) is 4.90 Å². The van der Waals surface area contributed by atoms with Crippen LogP contribution in [0.1, 0.15) is 5.69 Å². The summed E-state index contributed by atoms with van der Waals surface area (Å²) in [5.74, 6) is -0.936. The van der Waals surface area contributed by atoms with E-state index in [2.05, 4.69) is 4.98 Å². The van der Waals surface area contributed by atoms with Crippen molar-refractivity contribution >= 4 is 61.5 Å². The number of nitrogens with zero attached hydrogens (tertiary/aromatic N) is 4. The summed E-state index contributed by atoms with van der Waals surface area (Å²) in [4.78, 5) is 18.9. The van der Waals surface area contributed by atoms with E-state index in [1.54, 1.807) is 15.4 Å². The Morgan fingerprint density at radius 2 is 1.93 bits per heavy atom. The van der Waals surface area contributed by atoms with Crippen LogP contribution in [0.15, 0.2) is 40.7 Å². The maximum absolute atomic E-state index is 13.3. The summed E-state index contributed by atoms with van der Waals surface area (Å²) in [6.07, 6.45) is 4.81. The topological polar surface area (TPSA) is 75.0 Å². The van der Waals surface area contributed by atoms with Crippen molar-refractivity contribution in [3.63, 3.8) is 0 Å². The van der Waals surface area contributed by atoms with E-state index in [0.717, 1.165) is 17.1 Å². The summed E-state index contributed by atoms with van der Waals surface area (Å²) in [5, 5.41) is 1.92. The number of halogens is 3. The number of carbonyl (C=O) groups excluding carboxylic acids is 1. The van der Waals surface area contributed by atoms with Gasteiger partial charge in [-0.3, -0.25) is 9.20 Å². The SMILES string of the molecule is O=C(/C=C/c1c(Cl)nc2sccn12)N1CCN(S(=O)(=O)c2ccc(F)c(Cl)c2)CC1. The van der Waals surface area contributed by atoms with Crippen LogP contribution in [0.3, 0.4) is 0 Å². The van der Waals surface area contributed by atoms with Crippen molar-refractivity contribution in [1.29, 1.82) is 0 Å². The van der Waals surface area contributed by atoms with Crippen molar-refractivity contribution < 1.29 is 17.6 Å². The highest BCUT2D eigenvalue weighted by Crippen LogP contribution is 2.24. The lowest BCUT2D eigenvalue weighted by Gasteiger charge is -2.33. The molecule has 158 valence electrons. The molecule has 0 saturated carbocycles. The fourth-order valence-corrected chi connectivity index (χ4v) is 5.82. The Morgan fingerprint density at radius 1 is 1.20 bits per heavy atom. The second-order valence-corrected chi connectivity index (χ2v) is 10.1. The molecule has 1 aliphatic heterocycles. The van der Waals surface area contributed by atoms with E-state index in [0.29, 0.717) is 10.8 Å². The molecule has 0 unspecified atom stereocenters. The van der Waals surface area contributed by atoms with Gasteiger partial charge in [-0.1, -0.05) is 23.2 Å². The van der Waals surface area contributed by atoms with E-state index in [1.807, 2.05) is 11.6 Å². The first kappa shape index (κ1) is 21.3. The molecule has 7 nitrogen and oxygen atoms in total. The van der Waals surface area contributed by atoms with Crippen molar-refractivity contribution in [3.8, 4) is 0 Å². The number of sulfonamides is 1. The van der Waals surface area contributed by atoms with Gasteiger partial charge in [-0.2, -0.15) is 4.31 Å². The molecule has 0 bridgehead atoms. The molecule has 30 heavy (non-hydrogen) atoms. The summed E-state index contributed by atoms with van der Waals surface area (Å²) in [6.45, 7) is 0.703. The molecule has 1 fully saturated rings. The molecule has 0 atom stereocenters. The average molecular weight is 489 g/mol. The maximum Gasteiger partial charge on any atom is 0.246 e. The Hall–Kier alpha value is -1.98. The lowest BCUT2D eigenvalue weighted by molar-refractivity contribution is -0.127. The van der Waals surface area contributed by atoms with Gasteiger partial charge in [0.15, 0.2) is 10.1 Å². The van der Waals surface area contributed by atoms with Gasteiger partial charge in [0.1, 0.15) is 5.82 Å². The summed E-state index contributed by atoms with van der Waals surface area (Å²) in [7, 11) is -3.82. The molecule has 1 saturated heterocycles. The third-order valence-electron chi connectivity index (χ3n) is 4.72. The van der Waals surface area contributed by atoms with E-state index in [4.69, 9.17) is 23.2 Å². The van der Waals surface area contributed by atoms with Gasteiger partial charge in [0.05, 0.1) is 15.6 Å². The molecule has 3 heterocycles. The molecule has 12 heteroatoms. The summed E-state index contributed by atoms with van der Waals surface area (Å²) in [6, 6.07) is 3.29. The molecule has 3 aromatic rings. The molecule has 1 aliphatic rings. The first-order chi connectivity index (χ1) is 14.3. The number of fused-ring (bicyclic) bond motifs is 1. The van der Waals surface area contributed by atoms with Crippen LogP contribution in [0.5, 0.6) is 0 Å². The highest BCUT2D eigenvalue weighted by atomic mass is 35.5. The number of carbonyl (C=O) groups is 1. The minimum Gasteiger partial charge on any atom is -0.337 e. The largest absolute Gasteiger partial charge is 0.337 e. The van der Waals surface area contributed by atoms with Crippen LogP contribution in [0.25, 0.3) is 11.0 Å². The third kappa shape index (κ3) is 3.97. The summed E-state index contributed by atoms with van der Waals surface area (Å²) in [5.41, 5.74) is 0.607. The lowest BCUT2D eigenvalue weighted by atomic mass is 10.3. The van der Waals surface area contributed by atoms with Crippen LogP contribution in [-0.4, -0.2) is 59.1 Å². The predicted octanol–water partition coefficient (Wildman–Crippen LogP) is 3.39. The summed E-state index contributed by atoms with van der Waals surface area (Å²) >= 11 is 13.3. The Bertz CT molecular complexity index is 1250. The number of amides is 1. The molecule has 1 aromatic carbocycles. The zero-order chi connectivity index (χ0) is 21.5. The fraction of sp³-hybridized carbons (Fsp3) is 0.222. The molecule has 1 amide bonds. The van der Waals surface area contributed by atoms with Crippen LogP contribution in [-0.2, 0) is 14.8 Å². The van der Waals surface area contributed by atoms with Gasteiger partial charge in [0.25, 0.3) is 0 Å². The van der Waals surface area contributed by atoms with Crippen LogP contribution in [0.4, 0.5) is 4.39 Å². The monoisotopic (exact) mass is 488 g/mol. The first-order valence-electron chi connectivity index (χ1n) is 8.80. The minimum absolute atomic E-state index is 0.0799. The maximum atomic E-state index is 13.3. The number of piperazine rings is 1. The molecule has 0 aliphatic carbocycles. The number of rotatable bonds is 4. The average Bonchev–Trinajstić information content (AvgIpc) is 3.29. The Balaban J connectivity index is 1.42. The number of aromatic nitrogens is 2. The van der Waals surface area contributed by atoms with E-state index in [9.17, 15) is 17.6 Å².